The first-order valence-corrected chi connectivity index (χ1v) is 7.52. The van der Waals surface area contributed by atoms with E-state index in [4.69, 9.17) is 0 Å². The Hall–Kier alpha value is 1.06. The monoisotopic (exact) mass is 391 g/mol. The van der Waals surface area contributed by atoms with E-state index >= 15 is 0 Å². The molecule has 0 atom stereocenters. The van der Waals surface area contributed by atoms with Crippen molar-refractivity contribution in [2.45, 2.75) is 25.7 Å². The molecule has 1 saturated heterocycles. The van der Waals surface area contributed by atoms with Crippen molar-refractivity contribution in [2.75, 3.05) is 59.9 Å². The van der Waals surface area contributed by atoms with E-state index in [9.17, 15) is 4.39 Å². The van der Waals surface area contributed by atoms with Crippen LogP contribution in [0, 0.1) is 6.30 Å². The zero-order chi connectivity index (χ0) is 13.9. The van der Waals surface area contributed by atoms with Crippen molar-refractivity contribution in [3.63, 3.8) is 0 Å². The first-order valence-electron chi connectivity index (χ1n) is 7.52. The summed E-state index contributed by atoms with van der Waals surface area (Å²) in [6.45, 7) is 6.78. The van der Waals surface area contributed by atoms with Gasteiger partial charge in [0.1, 0.15) is 0 Å². The minimum atomic E-state index is 0. The molecule has 2 N–H and O–H groups in total. The standard InChI is InChI=1S/C14H30FN4.2ClH.Ti/c1-18-11-4-9-16-7-3-8-17-10-6-14(15)19(2)13-5-12-18;;;/h16-17H,3-13H2,1-2H3;2*1H;/q-1;;;+3/p-2. The van der Waals surface area contributed by atoms with Gasteiger partial charge in [-0.2, -0.15) is 0 Å². The van der Waals surface area contributed by atoms with Crippen LogP contribution in [0.1, 0.15) is 25.7 Å². The van der Waals surface area contributed by atoms with Crippen molar-refractivity contribution in [1.29, 1.82) is 0 Å². The van der Waals surface area contributed by atoms with Gasteiger partial charge in [0, 0.05) is 0 Å². The van der Waals surface area contributed by atoms with E-state index in [-0.39, 0.29) is 52.8 Å². The molecule has 22 heavy (non-hydrogen) atoms. The molecule has 1 fully saturated rings. The molecule has 0 aromatic heterocycles. The molecule has 1 aliphatic rings. The number of rotatable bonds is 0. The van der Waals surface area contributed by atoms with Gasteiger partial charge in [0.2, 0.25) is 0 Å². The van der Waals surface area contributed by atoms with E-state index in [0.29, 0.717) is 6.42 Å². The Kier molecular flexibility index (Phi) is 23.3. The third-order valence-electron chi connectivity index (χ3n) is 3.56. The summed E-state index contributed by atoms with van der Waals surface area (Å²) in [5.74, 6) is 0. The number of nitrogens with one attached hydrogen (secondary N) is 2. The average molecular weight is 392 g/mol. The molecule has 0 unspecified atom stereocenters. The van der Waals surface area contributed by atoms with Crippen LogP contribution in [0.3, 0.4) is 0 Å². The molecule has 0 amide bonds. The van der Waals surface area contributed by atoms with Gasteiger partial charge >= 0.3 is 21.7 Å². The van der Waals surface area contributed by atoms with E-state index in [1.54, 1.807) is 4.90 Å². The molecule has 8 heteroatoms. The average Bonchev–Trinajstić information content (AvgIpc) is 2.39. The minimum absolute atomic E-state index is 0. The molecule has 1 heterocycles. The summed E-state index contributed by atoms with van der Waals surface area (Å²) in [5, 5.41) is 6.74. The predicted molar refractivity (Wildman–Crippen MR) is 78.7 cm³/mol. The van der Waals surface area contributed by atoms with Crippen molar-refractivity contribution < 1.29 is 50.9 Å². The van der Waals surface area contributed by atoms with Gasteiger partial charge in [0.25, 0.3) is 0 Å². The smallest absolute Gasteiger partial charge is 1.00 e. The molecule has 4 nitrogen and oxygen atoms in total. The van der Waals surface area contributed by atoms with Gasteiger partial charge in [0.15, 0.2) is 0 Å². The van der Waals surface area contributed by atoms with Crippen LogP contribution >= 0.6 is 0 Å². The second-order valence-electron chi connectivity index (χ2n) is 5.41. The van der Waals surface area contributed by atoms with Crippen LogP contribution < -0.4 is 35.4 Å². The molecule has 1 rings (SSSR count). The zero-order valence-electron chi connectivity index (χ0n) is 13.8. The molecule has 0 bridgehead atoms. The Balaban J connectivity index is -0.00000120. The summed E-state index contributed by atoms with van der Waals surface area (Å²) < 4.78 is 13.8. The summed E-state index contributed by atoms with van der Waals surface area (Å²) in [7, 11) is 4.00. The Labute approximate surface area is 163 Å². The van der Waals surface area contributed by atoms with Gasteiger partial charge < -0.3 is 49.6 Å². The fourth-order valence-electron chi connectivity index (χ4n) is 2.26. The SMILES string of the molecule is CN1CCCNCCCNCC[C-](F)N(C)CCC1.[Cl-].[Cl-].[Ti+3]. The number of hydrogen-bond acceptors (Lipinski definition) is 4. The molecule has 0 aliphatic carbocycles. The first kappa shape index (κ1) is 27.9. The number of halogens is 3. The van der Waals surface area contributed by atoms with Gasteiger partial charge in [-0.15, -0.1) is 6.42 Å². The first-order chi connectivity index (χ1) is 9.20. The van der Waals surface area contributed by atoms with E-state index in [1.807, 2.05) is 7.05 Å². The van der Waals surface area contributed by atoms with E-state index in [0.717, 1.165) is 58.7 Å². The zero-order valence-corrected chi connectivity index (χ0v) is 16.9. The molecule has 1 radical (unpaired) electrons. The predicted octanol–water partition coefficient (Wildman–Crippen LogP) is -4.93. The molecule has 0 spiro atoms. The van der Waals surface area contributed by atoms with Crippen molar-refractivity contribution in [2.24, 2.45) is 0 Å². The minimum Gasteiger partial charge on any atom is -1.00 e. The Morgan fingerprint density at radius 2 is 1.36 bits per heavy atom. The normalized spacial score (nSPS) is 22.0. The molecule has 0 saturated carbocycles. The molecule has 1 aliphatic heterocycles. The maximum atomic E-state index is 13.8. The van der Waals surface area contributed by atoms with Gasteiger partial charge in [-0.1, -0.05) is 6.30 Å². The quantitative estimate of drug-likeness (QED) is 0.246. The molecular weight excluding hydrogens is 362 g/mol. The van der Waals surface area contributed by atoms with Gasteiger partial charge in [-0.05, 0) is 79.2 Å². The third kappa shape index (κ3) is 14.6. The van der Waals surface area contributed by atoms with Crippen LogP contribution in [0.4, 0.5) is 4.39 Å². The van der Waals surface area contributed by atoms with Gasteiger partial charge in [-0.25, -0.2) is 0 Å². The second-order valence-corrected chi connectivity index (χ2v) is 5.41. The van der Waals surface area contributed by atoms with Crippen LogP contribution in [-0.2, 0) is 21.7 Å². The van der Waals surface area contributed by atoms with Crippen LogP contribution in [-0.4, -0.2) is 69.7 Å². The van der Waals surface area contributed by atoms with Crippen LogP contribution in [0.15, 0.2) is 0 Å². The molecule has 0 aromatic carbocycles. The molecular formula is C14H30Cl2FN4Ti. The van der Waals surface area contributed by atoms with Crippen molar-refractivity contribution in [3.8, 4) is 0 Å². The maximum absolute atomic E-state index is 13.8. The largest absolute Gasteiger partial charge is 3.00 e. The number of nitrogens with zero attached hydrogens (tertiary/aromatic N) is 2. The van der Waals surface area contributed by atoms with Crippen molar-refractivity contribution in [3.05, 3.63) is 6.30 Å². The van der Waals surface area contributed by atoms with Crippen LogP contribution in [0.2, 0.25) is 0 Å². The van der Waals surface area contributed by atoms with E-state index < -0.39 is 0 Å². The number of hydrogen-bond donors (Lipinski definition) is 2. The Bertz CT molecular complexity index is 231. The summed E-state index contributed by atoms with van der Waals surface area (Å²) in [6, 6.07) is 0. The third-order valence-corrected chi connectivity index (χ3v) is 3.56. The summed E-state index contributed by atoms with van der Waals surface area (Å²) in [4.78, 5) is 4.09. The van der Waals surface area contributed by atoms with Crippen LogP contribution in [0.25, 0.3) is 0 Å². The topological polar surface area (TPSA) is 30.5 Å². The fourth-order valence-corrected chi connectivity index (χ4v) is 2.26. The van der Waals surface area contributed by atoms with Gasteiger partial charge in [-0.3, -0.25) is 0 Å². The fraction of sp³-hybridized carbons (Fsp3) is 0.929. The second kappa shape index (κ2) is 18.4. The Morgan fingerprint density at radius 1 is 0.818 bits per heavy atom. The maximum Gasteiger partial charge on any atom is 3.00 e. The Morgan fingerprint density at radius 3 is 2.05 bits per heavy atom. The van der Waals surface area contributed by atoms with E-state index in [1.165, 1.54) is 6.42 Å². The molecule has 0 aromatic rings. The van der Waals surface area contributed by atoms with E-state index in [2.05, 4.69) is 22.6 Å². The summed E-state index contributed by atoms with van der Waals surface area (Å²) in [5.41, 5.74) is 0. The van der Waals surface area contributed by atoms with Crippen molar-refractivity contribution >= 4 is 0 Å². The van der Waals surface area contributed by atoms with Crippen molar-refractivity contribution in [1.82, 2.24) is 20.4 Å². The van der Waals surface area contributed by atoms with Crippen LogP contribution in [0.5, 0.6) is 0 Å². The molecule has 131 valence electrons. The summed E-state index contributed by atoms with van der Waals surface area (Å²) >= 11 is 0. The summed E-state index contributed by atoms with van der Waals surface area (Å²) in [6.07, 6.45) is 3.80. The van der Waals surface area contributed by atoms with Gasteiger partial charge in [0.05, 0.1) is 0 Å².